The highest BCUT2D eigenvalue weighted by Crippen LogP contribution is 2.34. The number of rotatable bonds is 4. The molecule has 4 heteroatoms. The Balaban J connectivity index is 2.05. The van der Waals surface area contributed by atoms with E-state index in [0.717, 1.165) is 27.9 Å². The fourth-order valence-electron chi connectivity index (χ4n) is 2.54. The van der Waals surface area contributed by atoms with Crippen LogP contribution in [0.15, 0.2) is 53.1 Å². The van der Waals surface area contributed by atoms with Gasteiger partial charge in [-0.3, -0.25) is 4.98 Å². The summed E-state index contributed by atoms with van der Waals surface area (Å²) in [6, 6.07) is 14.2. The van der Waals surface area contributed by atoms with Crippen LogP contribution in [-0.2, 0) is 6.42 Å². The lowest BCUT2D eigenvalue weighted by Crippen LogP contribution is -1.97. The van der Waals surface area contributed by atoms with Gasteiger partial charge in [-0.15, -0.1) is 0 Å². The number of aromatic nitrogens is 1. The van der Waals surface area contributed by atoms with Crippen LogP contribution in [0.2, 0.25) is 0 Å². The minimum absolute atomic E-state index is 0.712. The normalized spacial score (nSPS) is 10.7. The van der Waals surface area contributed by atoms with Crippen molar-refractivity contribution in [3.8, 4) is 11.5 Å². The maximum Gasteiger partial charge on any atom is 0.161 e. The molecule has 0 saturated heterocycles. The summed E-state index contributed by atoms with van der Waals surface area (Å²) in [5.74, 6) is 1.44. The van der Waals surface area contributed by atoms with Crippen molar-refractivity contribution in [3.63, 3.8) is 0 Å². The summed E-state index contributed by atoms with van der Waals surface area (Å²) in [4.78, 5) is 4.55. The van der Waals surface area contributed by atoms with Gasteiger partial charge >= 0.3 is 0 Å². The molecule has 3 aromatic rings. The predicted molar refractivity (Wildman–Crippen MR) is 91.8 cm³/mol. The summed E-state index contributed by atoms with van der Waals surface area (Å²) >= 11 is 3.61. The van der Waals surface area contributed by atoms with Crippen molar-refractivity contribution in [3.05, 3.63) is 64.4 Å². The molecule has 0 aliphatic rings. The van der Waals surface area contributed by atoms with E-state index in [1.165, 1.54) is 10.8 Å². The first kappa shape index (κ1) is 14.9. The van der Waals surface area contributed by atoms with Crippen molar-refractivity contribution in [2.45, 2.75) is 6.42 Å². The Morgan fingerprint density at radius 2 is 1.73 bits per heavy atom. The number of hydrogen-bond donors (Lipinski definition) is 0. The first-order valence-corrected chi connectivity index (χ1v) is 7.75. The minimum atomic E-state index is 0.712. The quantitative estimate of drug-likeness (QED) is 0.683. The van der Waals surface area contributed by atoms with Gasteiger partial charge in [0.25, 0.3) is 0 Å². The van der Waals surface area contributed by atoms with Crippen molar-refractivity contribution in [1.29, 1.82) is 0 Å². The van der Waals surface area contributed by atoms with E-state index in [9.17, 15) is 0 Å². The van der Waals surface area contributed by atoms with E-state index in [1.807, 2.05) is 36.5 Å². The fraction of sp³-hybridized carbons (Fsp3) is 0.167. The topological polar surface area (TPSA) is 31.4 Å². The number of methoxy groups -OCH3 is 2. The molecular formula is C18H16BrNO2. The summed E-state index contributed by atoms with van der Waals surface area (Å²) in [5.41, 5.74) is 2.16. The standard InChI is InChI=1S/C18H16BrNO2/c1-21-17-10-13(15(19)11-18(17)22-2)9-16-14-6-4-3-5-12(14)7-8-20-16/h3-8,10-11H,9H2,1-2H3. The Morgan fingerprint density at radius 1 is 1.00 bits per heavy atom. The van der Waals surface area contributed by atoms with E-state index in [0.29, 0.717) is 5.75 Å². The zero-order valence-corrected chi connectivity index (χ0v) is 14.1. The molecule has 2 aromatic carbocycles. The highest BCUT2D eigenvalue weighted by Gasteiger charge is 2.12. The van der Waals surface area contributed by atoms with Crippen LogP contribution in [-0.4, -0.2) is 19.2 Å². The van der Waals surface area contributed by atoms with Gasteiger partial charge in [0.1, 0.15) is 0 Å². The number of halogens is 1. The maximum atomic E-state index is 5.39. The van der Waals surface area contributed by atoms with E-state index in [-0.39, 0.29) is 0 Å². The van der Waals surface area contributed by atoms with Crippen molar-refractivity contribution >= 4 is 26.7 Å². The third-order valence-electron chi connectivity index (χ3n) is 3.67. The van der Waals surface area contributed by atoms with E-state index in [2.05, 4.69) is 33.0 Å². The van der Waals surface area contributed by atoms with Crippen LogP contribution in [0.4, 0.5) is 0 Å². The minimum Gasteiger partial charge on any atom is -0.493 e. The van der Waals surface area contributed by atoms with E-state index in [4.69, 9.17) is 9.47 Å². The number of ether oxygens (including phenoxy) is 2. The van der Waals surface area contributed by atoms with Crippen molar-refractivity contribution in [2.24, 2.45) is 0 Å². The summed E-state index contributed by atoms with van der Waals surface area (Å²) in [6.07, 6.45) is 2.58. The molecule has 0 atom stereocenters. The molecule has 0 bridgehead atoms. The van der Waals surface area contributed by atoms with E-state index in [1.54, 1.807) is 14.2 Å². The molecule has 0 N–H and O–H groups in total. The van der Waals surface area contributed by atoms with Crippen LogP contribution in [0.5, 0.6) is 11.5 Å². The van der Waals surface area contributed by atoms with Gasteiger partial charge in [-0.25, -0.2) is 0 Å². The number of hydrogen-bond acceptors (Lipinski definition) is 3. The summed E-state index contributed by atoms with van der Waals surface area (Å²) in [7, 11) is 3.28. The smallest absolute Gasteiger partial charge is 0.161 e. The number of fused-ring (bicyclic) bond motifs is 1. The van der Waals surface area contributed by atoms with E-state index < -0.39 is 0 Å². The van der Waals surface area contributed by atoms with Gasteiger partial charge in [-0.1, -0.05) is 40.2 Å². The van der Waals surface area contributed by atoms with Crippen molar-refractivity contribution in [2.75, 3.05) is 14.2 Å². The molecule has 3 nitrogen and oxygen atoms in total. The van der Waals surface area contributed by atoms with Gasteiger partial charge in [-0.05, 0) is 29.1 Å². The molecule has 0 aliphatic carbocycles. The molecule has 0 saturated carbocycles. The Morgan fingerprint density at radius 3 is 2.50 bits per heavy atom. The lowest BCUT2D eigenvalue weighted by atomic mass is 10.0. The molecule has 3 rings (SSSR count). The number of nitrogens with zero attached hydrogens (tertiary/aromatic N) is 1. The van der Waals surface area contributed by atoms with Crippen LogP contribution in [0.3, 0.4) is 0 Å². The van der Waals surface area contributed by atoms with Crippen LogP contribution >= 0.6 is 15.9 Å². The first-order chi connectivity index (χ1) is 10.7. The summed E-state index contributed by atoms with van der Waals surface area (Å²) < 4.78 is 11.7. The van der Waals surface area contributed by atoms with E-state index >= 15 is 0 Å². The highest BCUT2D eigenvalue weighted by molar-refractivity contribution is 9.10. The Bertz CT molecular complexity index is 812. The zero-order chi connectivity index (χ0) is 15.5. The summed E-state index contributed by atoms with van der Waals surface area (Å²) in [6.45, 7) is 0. The molecule has 0 unspecified atom stereocenters. The highest BCUT2D eigenvalue weighted by atomic mass is 79.9. The van der Waals surface area contributed by atoms with Crippen molar-refractivity contribution < 1.29 is 9.47 Å². The second kappa shape index (κ2) is 6.36. The molecule has 0 radical (unpaired) electrons. The van der Waals surface area contributed by atoms with Gasteiger partial charge in [0, 0.05) is 22.5 Å². The predicted octanol–water partition coefficient (Wildman–Crippen LogP) is 4.61. The molecule has 112 valence electrons. The lowest BCUT2D eigenvalue weighted by Gasteiger charge is -2.12. The average Bonchev–Trinajstić information content (AvgIpc) is 2.56. The molecular weight excluding hydrogens is 342 g/mol. The first-order valence-electron chi connectivity index (χ1n) is 6.96. The third-order valence-corrected chi connectivity index (χ3v) is 4.40. The van der Waals surface area contributed by atoms with Crippen LogP contribution in [0.1, 0.15) is 11.3 Å². The molecule has 1 heterocycles. The lowest BCUT2D eigenvalue weighted by molar-refractivity contribution is 0.354. The van der Waals surface area contributed by atoms with Gasteiger partial charge in [0.15, 0.2) is 11.5 Å². The molecule has 1 aromatic heterocycles. The second-order valence-corrected chi connectivity index (χ2v) is 5.81. The van der Waals surface area contributed by atoms with Gasteiger partial charge in [-0.2, -0.15) is 0 Å². The monoisotopic (exact) mass is 357 g/mol. The zero-order valence-electron chi connectivity index (χ0n) is 12.5. The fourth-order valence-corrected chi connectivity index (χ4v) is 3.00. The average molecular weight is 358 g/mol. The van der Waals surface area contributed by atoms with Crippen LogP contribution < -0.4 is 9.47 Å². The second-order valence-electron chi connectivity index (χ2n) is 4.95. The van der Waals surface area contributed by atoms with Crippen LogP contribution in [0, 0.1) is 0 Å². The Labute approximate surface area is 138 Å². The van der Waals surface area contributed by atoms with Crippen LogP contribution in [0.25, 0.3) is 10.8 Å². The molecule has 0 spiro atoms. The largest absolute Gasteiger partial charge is 0.493 e. The van der Waals surface area contributed by atoms with Crippen molar-refractivity contribution in [1.82, 2.24) is 4.98 Å². The SMILES string of the molecule is COc1cc(Br)c(Cc2nccc3ccccc23)cc1OC. The number of benzene rings is 2. The molecule has 0 fully saturated rings. The van der Waals surface area contributed by atoms with Gasteiger partial charge in [0.05, 0.1) is 19.9 Å². The third kappa shape index (κ3) is 2.79. The number of pyridine rings is 1. The maximum absolute atomic E-state index is 5.39. The summed E-state index contributed by atoms with van der Waals surface area (Å²) in [5, 5.41) is 2.37. The molecule has 22 heavy (non-hydrogen) atoms. The Hall–Kier alpha value is -2.07. The van der Waals surface area contributed by atoms with Gasteiger partial charge in [0.2, 0.25) is 0 Å². The van der Waals surface area contributed by atoms with Gasteiger partial charge < -0.3 is 9.47 Å². The molecule has 0 amide bonds. The Kier molecular flexibility index (Phi) is 4.29. The molecule has 0 aliphatic heterocycles.